The molecule has 2 heterocycles. The van der Waals surface area contributed by atoms with E-state index in [9.17, 15) is 15.0 Å². The number of nitrogens with one attached hydrogen (secondary N) is 1. The number of carbonyl (C=O) groups excluding carboxylic acids is 1. The number of esters is 1. The Morgan fingerprint density at radius 1 is 1.00 bits per heavy atom. The van der Waals surface area contributed by atoms with Crippen LogP contribution in [0.2, 0.25) is 5.02 Å². The standard InChI is InChI=1S/C26H22ClNO7/c1-32-21-7-12(6-18(29)25(21)30)22-15-8-19-20(35-11-34-19)9-16(15)24(17-10-33-26(31)23(17)22)28-14-4-2-13(27)3-5-14/h2-9,17,22-24,28-30H,10-11H2,1H3/t17-,22+,23-,24?/m0/s1. The zero-order chi connectivity index (χ0) is 24.3. The van der Waals surface area contributed by atoms with Crippen LogP contribution in [0.1, 0.15) is 28.7 Å². The Hall–Kier alpha value is -3.78. The molecule has 6 rings (SSSR count). The molecular formula is C26H22ClNO7. The fraction of sp³-hybridized carbons (Fsp3) is 0.269. The molecule has 0 aromatic heterocycles. The van der Waals surface area contributed by atoms with Crippen LogP contribution in [0, 0.1) is 11.8 Å². The van der Waals surface area contributed by atoms with Gasteiger partial charge in [0.05, 0.1) is 25.7 Å². The molecule has 35 heavy (non-hydrogen) atoms. The lowest BCUT2D eigenvalue weighted by Gasteiger charge is -2.40. The van der Waals surface area contributed by atoms with Crippen molar-refractivity contribution in [2.75, 3.05) is 25.8 Å². The zero-order valence-corrected chi connectivity index (χ0v) is 19.4. The molecule has 3 aliphatic rings. The zero-order valence-electron chi connectivity index (χ0n) is 18.7. The van der Waals surface area contributed by atoms with Crippen molar-refractivity contribution >= 4 is 23.3 Å². The van der Waals surface area contributed by atoms with Crippen molar-refractivity contribution in [1.82, 2.24) is 0 Å². The predicted molar refractivity (Wildman–Crippen MR) is 126 cm³/mol. The SMILES string of the molecule is COc1cc([C@@H]2c3cc4c(cc3C(Nc3ccc(Cl)cc3)[C@H]3COC(=O)[C@H]23)OCO4)cc(O)c1O. The van der Waals surface area contributed by atoms with Gasteiger partial charge in [0.15, 0.2) is 23.0 Å². The number of cyclic esters (lactones) is 1. The summed E-state index contributed by atoms with van der Waals surface area (Å²) >= 11 is 6.07. The summed E-state index contributed by atoms with van der Waals surface area (Å²) in [5.41, 5.74) is 3.24. The number of aromatic hydroxyl groups is 2. The number of carbonyl (C=O) groups is 1. The lowest BCUT2D eigenvalue weighted by molar-refractivity contribution is -0.141. The van der Waals surface area contributed by atoms with E-state index in [1.807, 2.05) is 24.3 Å². The molecule has 2 aliphatic heterocycles. The van der Waals surface area contributed by atoms with E-state index in [-0.39, 0.29) is 48.6 Å². The molecule has 1 saturated heterocycles. The topological polar surface area (TPSA) is 106 Å². The molecule has 0 spiro atoms. The van der Waals surface area contributed by atoms with Crippen molar-refractivity contribution in [3.05, 3.63) is 70.2 Å². The van der Waals surface area contributed by atoms with Crippen molar-refractivity contribution in [3.8, 4) is 28.7 Å². The summed E-state index contributed by atoms with van der Waals surface area (Å²) in [5, 5.41) is 24.8. The highest BCUT2D eigenvalue weighted by Gasteiger charge is 2.52. The summed E-state index contributed by atoms with van der Waals surface area (Å²) in [7, 11) is 1.41. The average Bonchev–Trinajstić information content (AvgIpc) is 3.47. The molecule has 180 valence electrons. The number of fused-ring (bicyclic) bond motifs is 3. The number of phenols is 2. The molecule has 9 heteroatoms. The van der Waals surface area contributed by atoms with Crippen LogP contribution in [0.15, 0.2) is 48.5 Å². The predicted octanol–water partition coefficient (Wildman–Crippen LogP) is 4.58. The van der Waals surface area contributed by atoms with Gasteiger partial charge < -0.3 is 34.5 Å². The summed E-state index contributed by atoms with van der Waals surface area (Å²) < 4.78 is 22.2. The lowest BCUT2D eigenvalue weighted by Crippen LogP contribution is -2.37. The lowest BCUT2D eigenvalue weighted by atomic mass is 9.65. The number of anilines is 1. The second kappa shape index (κ2) is 8.16. The molecule has 1 aliphatic carbocycles. The molecule has 0 amide bonds. The number of methoxy groups -OCH3 is 1. The molecule has 1 unspecified atom stereocenters. The number of phenolic OH excluding ortho intramolecular Hbond substituents is 2. The van der Waals surface area contributed by atoms with Gasteiger partial charge in [0.2, 0.25) is 12.5 Å². The van der Waals surface area contributed by atoms with Crippen LogP contribution in [-0.4, -0.2) is 36.7 Å². The van der Waals surface area contributed by atoms with Crippen molar-refractivity contribution in [1.29, 1.82) is 0 Å². The second-order valence-electron chi connectivity index (χ2n) is 8.85. The summed E-state index contributed by atoms with van der Waals surface area (Å²) in [6, 6.07) is 14.0. The highest BCUT2D eigenvalue weighted by molar-refractivity contribution is 6.30. The number of hydrogen-bond donors (Lipinski definition) is 3. The largest absolute Gasteiger partial charge is 0.504 e. The van der Waals surface area contributed by atoms with E-state index in [4.69, 9.17) is 30.5 Å². The van der Waals surface area contributed by atoms with E-state index in [0.717, 1.165) is 16.8 Å². The third-order valence-electron chi connectivity index (χ3n) is 7.01. The highest BCUT2D eigenvalue weighted by Crippen LogP contribution is 2.56. The Morgan fingerprint density at radius 3 is 2.43 bits per heavy atom. The first-order chi connectivity index (χ1) is 16.9. The van der Waals surface area contributed by atoms with Gasteiger partial charge in [-0.3, -0.25) is 4.79 Å². The molecule has 0 saturated carbocycles. The monoisotopic (exact) mass is 495 g/mol. The molecule has 0 bridgehead atoms. The van der Waals surface area contributed by atoms with Crippen molar-refractivity contribution < 1.29 is 34.0 Å². The number of rotatable bonds is 4. The first-order valence-electron chi connectivity index (χ1n) is 11.2. The minimum atomic E-state index is -0.540. The Kier molecular flexibility index (Phi) is 5.07. The third kappa shape index (κ3) is 3.47. The van der Waals surface area contributed by atoms with Crippen LogP contribution in [-0.2, 0) is 9.53 Å². The maximum absolute atomic E-state index is 13.1. The van der Waals surface area contributed by atoms with Gasteiger partial charge in [-0.2, -0.15) is 0 Å². The van der Waals surface area contributed by atoms with E-state index in [2.05, 4.69) is 5.32 Å². The second-order valence-corrected chi connectivity index (χ2v) is 9.29. The summed E-state index contributed by atoms with van der Waals surface area (Å²) in [6.07, 6.45) is 0. The van der Waals surface area contributed by atoms with E-state index < -0.39 is 11.8 Å². The number of ether oxygens (including phenoxy) is 4. The quantitative estimate of drug-likeness (QED) is 0.357. The Morgan fingerprint density at radius 2 is 1.71 bits per heavy atom. The van der Waals surface area contributed by atoms with Crippen LogP contribution >= 0.6 is 11.6 Å². The molecular weight excluding hydrogens is 474 g/mol. The summed E-state index contributed by atoms with van der Waals surface area (Å²) in [6.45, 7) is 0.348. The average molecular weight is 496 g/mol. The fourth-order valence-corrected chi connectivity index (χ4v) is 5.55. The Labute approximate surface area is 206 Å². The third-order valence-corrected chi connectivity index (χ3v) is 7.26. The van der Waals surface area contributed by atoms with Gasteiger partial charge in [-0.05, 0) is 65.2 Å². The minimum Gasteiger partial charge on any atom is -0.504 e. The van der Waals surface area contributed by atoms with Crippen LogP contribution < -0.4 is 19.5 Å². The Bertz CT molecular complexity index is 1330. The van der Waals surface area contributed by atoms with Crippen LogP contribution in [0.3, 0.4) is 0 Å². The van der Waals surface area contributed by atoms with Crippen molar-refractivity contribution in [2.24, 2.45) is 11.8 Å². The van der Waals surface area contributed by atoms with E-state index >= 15 is 0 Å². The first kappa shape index (κ1) is 21.7. The molecule has 1 fully saturated rings. The number of hydrogen-bond acceptors (Lipinski definition) is 8. The molecule has 0 radical (unpaired) electrons. The highest BCUT2D eigenvalue weighted by atomic mass is 35.5. The first-order valence-corrected chi connectivity index (χ1v) is 11.5. The van der Waals surface area contributed by atoms with Crippen LogP contribution in [0.5, 0.6) is 28.7 Å². The molecule has 8 nitrogen and oxygen atoms in total. The smallest absolute Gasteiger partial charge is 0.310 e. The van der Waals surface area contributed by atoms with Gasteiger partial charge in [0, 0.05) is 22.5 Å². The molecule has 3 N–H and O–H groups in total. The van der Waals surface area contributed by atoms with Crippen molar-refractivity contribution in [3.63, 3.8) is 0 Å². The van der Waals surface area contributed by atoms with Gasteiger partial charge >= 0.3 is 5.97 Å². The van der Waals surface area contributed by atoms with E-state index in [1.54, 1.807) is 18.2 Å². The van der Waals surface area contributed by atoms with Gasteiger partial charge in [0.1, 0.15) is 0 Å². The minimum absolute atomic E-state index is 0.112. The fourth-order valence-electron chi connectivity index (χ4n) is 5.42. The van der Waals surface area contributed by atoms with Gasteiger partial charge in [0.25, 0.3) is 0 Å². The normalized spacial score (nSPS) is 23.9. The maximum atomic E-state index is 13.1. The summed E-state index contributed by atoms with van der Waals surface area (Å²) in [5.74, 6) is -0.900. The van der Waals surface area contributed by atoms with E-state index in [1.165, 1.54) is 13.2 Å². The number of benzene rings is 3. The van der Waals surface area contributed by atoms with Gasteiger partial charge in [-0.25, -0.2) is 0 Å². The summed E-state index contributed by atoms with van der Waals surface area (Å²) in [4.78, 5) is 13.1. The molecule has 4 atom stereocenters. The van der Waals surface area contributed by atoms with Crippen LogP contribution in [0.25, 0.3) is 0 Å². The van der Waals surface area contributed by atoms with Gasteiger partial charge in [-0.15, -0.1) is 0 Å². The van der Waals surface area contributed by atoms with E-state index in [0.29, 0.717) is 22.1 Å². The molecule has 3 aromatic carbocycles. The maximum Gasteiger partial charge on any atom is 0.310 e. The Balaban J connectivity index is 1.54. The van der Waals surface area contributed by atoms with Crippen molar-refractivity contribution in [2.45, 2.75) is 12.0 Å². The molecule has 3 aromatic rings. The van der Waals surface area contributed by atoms with Gasteiger partial charge in [-0.1, -0.05) is 11.6 Å². The van der Waals surface area contributed by atoms with Crippen LogP contribution in [0.4, 0.5) is 5.69 Å². The number of halogens is 1.